The molecule has 3 rings (SSSR count). The Hall–Kier alpha value is -2.20. The molecule has 3 fully saturated rings. The summed E-state index contributed by atoms with van der Waals surface area (Å²) in [5, 5.41) is 12.7. The molecule has 0 spiro atoms. The van der Waals surface area contributed by atoms with E-state index in [0.717, 1.165) is 38.8 Å². The zero-order valence-electron chi connectivity index (χ0n) is 25.1. The van der Waals surface area contributed by atoms with Crippen molar-refractivity contribution in [3.8, 4) is 0 Å². The largest absolute Gasteiger partial charge is 0.480 e. The highest BCUT2D eigenvalue weighted by atomic mass is 16.4. The Morgan fingerprint density at radius 3 is 2.13 bits per heavy atom. The first kappa shape index (κ1) is 31.3. The van der Waals surface area contributed by atoms with E-state index in [1.165, 1.54) is 4.90 Å². The normalized spacial score (nSPS) is 26.5. The summed E-state index contributed by atoms with van der Waals surface area (Å²) in [6.07, 6.45) is 5.64. The van der Waals surface area contributed by atoms with Gasteiger partial charge in [0.25, 0.3) is 0 Å². The lowest BCUT2D eigenvalue weighted by atomic mass is 9.84. The van der Waals surface area contributed by atoms with Gasteiger partial charge in [-0.3, -0.25) is 24.2 Å². The first-order valence-corrected chi connectivity index (χ1v) is 14.8. The fourth-order valence-corrected chi connectivity index (χ4v) is 6.48. The molecule has 10 nitrogen and oxygen atoms in total. The Labute approximate surface area is 234 Å². The predicted molar refractivity (Wildman–Crippen MR) is 150 cm³/mol. The Bertz CT molecular complexity index is 903. The Kier molecular flexibility index (Phi) is 10.4. The number of rotatable bonds is 9. The van der Waals surface area contributed by atoms with Gasteiger partial charge in [-0.2, -0.15) is 0 Å². The quantitative estimate of drug-likeness (QED) is 0.452. The Morgan fingerprint density at radius 1 is 0.923 bits per heavy atom. The maximum absolute atomic E-state index is 14.0. The van der Waals surface area contributed by atoms with E-state index in [1.54, 1.807) is 11.9 Å². The lowest BCUT2D eigenvalue weighted by molar-refractivity contribution is -0.150. The topological polar surface area (TPSA) is 113 Å². The maximum atomic E-state index is 14.0. The highest BCUT2D eigenvalue weighted by Crippen LogP contribution is 2.28. The molecule has 10 heteroatoms. The van der Waals surface area contributed by atoms with Crippen molar-refractivity contribution in [3.63, 3.8) is 0 Å². The Morgan fingerprint density at radius 2 is 1.54 bits per heavy atom. The van der Waals surface area contributed by atoms with Gasteiger partial charge < -0.3 is 20.2 Å². The van der Waals surface area contributed by atoms with Gasteiger partial charge in [-0.05, 0) is 70.0 Å². The third kappa shape index (κ3) is 7.31. The minimum absolute atomic E-state index is 0.0937. The smallest absolute Gasteiger partial charge is 0.326 e. The molecule has 0 aromatic carbocycles. The van der Waals surface area contributed by atoms with Gasteiger partial charge in [-0.15, -0.1) is 0 Å². The van der Waals surface area contributed by atoms with E-state index in [0.29, 0.717) is 32.4 Å². The molecular formula is C29H51N5O5. The van der Waals surface area contributed by atoms with Crippen LogP contribution >= 0.6 is 0 Å². The summed E-state index contributed by atoms with van der Waals surface area (Å²) in [6.45, 7) is 12.7. The summed E-state index contributed by atoms with van der Waals surface area (Å²) >= 11 is 0. The molecule has 3 aliphatic heterocycles. The summed E-state index contributed by atoms with van der Waals surface area (Å²) in [7, 11) is 3.77. The molecule has 0 aromatic rings. The van der Waals surface area contributed by atoms with Crippen molar-refractivity contribution in [1.82, 2.24) is 24.9 Å². The molecule has 0 bridgehead atoms. The third-order valence-corrected chi connectivity index (χ3v) is 8.98. The number of aliphatic carboxylic acids is 1. The average Bonchev–Trinajstić information content (AvgIpc) is 3.54. The SMILES string of the molecule is CC(C)[C@@H](CN1CCC[C@H]1C(=O)N1CCCC1C(=O)O)N(C)C(=O)[C@@H](NC(=O)C1CCCCN1C)C(C)(C)C. The molecule has 3 aliphatic rings. The number of amides is 3. The number of likely N-dealkylation sites (N-methyl/N-ethyl adjacent to an activating group) is 2. The van der Waals surface area contributed by atoms with E-state index < -0.39 is 23.5 Å². The van der Waals surface area contributed by atoms with Crippen LogP contribution in [0.1, 0.15) is 79.6 Å². The molecule has 222 valence electrons. The summed E-state index contributed by atoms with van der Waals surface area (Å²) < 4.78 is 0. The second-order valence-corrected chi connectivity index (χ2v) is 13.2. The fourth-order valence-electron chi connectivity index (χ4n) is 6.48. The molecule has 3 saturated heterocycles. The molecule has 0 radical (unpaired) electrons. The number of nitrogens with one attached hydrogen (secondary N) is 1. The number of nitrogens with zero attached hydrogens (tertiary/aromatic N) is 4. The fraction of sp³-hybridized carbons (Fsp3) is 0.862. The molecule has 2 unspecified atom stereocenters. The number of hydrogen-bond acceptors (Lipinski definition) is 6. The first-order valence-electron chi connectivity index (χ1n) is 14.8. The molecule has 5 atom stereocenters. The zero-order valence-corrected chi connectivity index (χ0v) is 25.1. The molecule has 0 saturated carbocycles. The van der Waals surface area contributed by atoms with Gasteiger partial charge in [0, 0.05) is 26.2 Å². The first-order chi connectivity index (χ1) is 18.2. The van der Waals surface area contributed by atoms with E-state index in [4.69, 9.17) is 0 Å². The number of likely N-dealkylation sites (tertiary alicyclic amines) is 3. The average molecular weight is 550 g/mol. The molecule has 2 N–H and O–H groups in total. The number of carbonyl (C=O) groups excluding carboxylic acids is 3. The number of carboxylic acid groups (broad SMARTS) is 1. The van der Waals surface area contributed by atoms with Crippen molar-refractivity contribution in [3.05, 3.63) is 0 Å². The van der Waals surface area contributed by atoms with Gasteiger partial charge >= 0.3 is 5.97 Å². The monoisotopic (exact) mass is 549 g/mol. The maximum Gasteiger partial charge on any atom is 0.326 e. The predicted octanol–water partition coefficient (Wildman–Crippen LogP) is 2.02. The van der Waals surface area contributed by atoms with Crippen LogP contribution in [0.25, 0.3) is 0 Å². The molecular weight excluding hydrogens is 498 g/mol. The van der Waals surface area contributed by atoms with Crippen LogP contribution in [0, 0.1) is 11.3 Å². The van der Waals surface area contributed by atoms with Crippen LogP contribution in [0.15, 0.2) is 0 Å². The number of carbonyl (C=O) groups is 4. The van der Waals surface area contributed by atoms with E-state index in [-0.39, 0.29) is 41.8 Å². The van der Waals surface area contributed by atoms with E-state index in [9.17, 15) is 24.3 Å². The summed E-state index contributed by atoms with van der Waals surface area (Å²) in [6, 6.07) is -2.18. The summed E-state index contributed by atoms with van der Waals surface area (Å²) in [5.41, 5.74) is -0.483. The molecule has 39 heavy (non-hydrogen) atoms. The Balaban J connectivity index is 1.74. The lowest BCUT2D eigenvalue weighted by Gasteiger charge is -2.41. The number of hydrogen-bond donors (Lipinski definition) is 2. The van der Waals surface area contributed by atoms with Crippen LogP contribution in [0.5, 0.6) is 0 Å². The minimum Gasteiger partial charge on any atom is -0.480 e. The van der Waals surface area contributed by atoms with Crippen molar-refractivity contribution in [2.45, 2.75) is 110 Å². The lowest BCUT2D eigenvalue weighted by Crippen LogP contribution is -2.61. The van der Waals surface area contributed by atoms with Crippen LogP contribution in [0.3, 0.4) is 0 Å². The van der Waals surface area contributed by atoms with Gasteiger partial charge in [0.1, 0.15) is 12.1 Å². The van der Waals surface area contributed by atoms with E-state index in [2.05, 4.69) is 29.0 Å². The van der Waals surface area contributed by atoms with Crippen LogP contribution < -0.4 is 5.32 Å². The molecule has 0 aliphatic carbocycles. The van der Waals surface area contributed by atoms with Gasteiger partial charge in [-0.1, -0.05) is 41.0 Å². The second-order valence-electron chi connectivity index (χ2n) is 13.2. The van der Waals surface area contributed by atoms with Crippen molar-refractivity contribution < 1.29 is 24.3 Å². The summed E-state index contributed by atoms with van der Waals surface area (Å²) in [4.78, 5) is 59.9. The van der Waals surface area contributed by atoms with Crippen LogP contribution in [-0.2, 0) is 19.2 Å². The van der Waals surface area contributed by atoms with Crippen molar-refractivity contribution >= 4 is 23.7 Å². The highest BCUT2D eigenvalue weighted by Gasteiger charge is 2.43. The van der Waals surface area contributed by atoms with E-state index in [1.807, 2.05) is 27.8 Å². The van der Waals surface area contributed by atoms with E-state index >= 15 is 0 Å². The number of piperidine rings is 1. The summed E-state index contributed by atoms with van der Waals surface area (Å²) in [5.74, 6) is -1.14. The third-order valence-electron chi connectivity index (χ3n) is 8.98. The van der Waals surface area contributed by atoms with Crippen LogP contribution in [-0.4, -0.2) is 119 Å². The van der Waals surface area contributed by atoms with Crippen molar-refractivity contribution in [2.75, 3.05) is 40.3 Å². The highest BCUT2D eigenvalue weighted by molar-refractivity contribution is 5.90. The zero-order chi connectivity index (χ0) is 29.1. The van der Waals surface area contributed by atoms with Gasteiger partial charge in [0.2, 0.25) is 17.7 Å². The van der Waals surface area contributed by atoms with Crippen molar-refractivity contribution in [1.29, 1.82) is 0 Å². The van der Waals surface area contributed by atoms with Gasteiger partial charge in [-0.25, -0.2) is 4.79 Å². The molecule has 0 aromatic heterocycles. The minimum atomic E-state index is -0.939. The number of carboxylic acids is 1. The van der Waals surface area contributed by atoms with Crippen molar-refractivity contribution in [2.24, 2.45) is 11.3 Å². The van der Waals surface area contributed by atoms with Crippen LogP contribution in [0.4, 0.5) is 0 Å². The van der Waals surface area contributed by atoms with Crippen LogP contribution in [0.2, 0.25) is 0 Å². The molecule has 3 amide bonds. The molecule has 3 heterocycles. The van der Waals surface area contributed by atoms with Gasteiger partial charge in [0.05, 0.1) is 12.1 Å². The standard InChI is InChI=1S/C29H51N5O5/c1-19(2)23(18-33-16-10-13-21(33)26(36)34-17-11-14-22(34)28(38)39)32(7)27(37)24(29(3,4)5)30-25(35)20-12-8-9-15-31(20)6/h19-24H,8-18H2,1-7H3,(H,30,35)(H,38,39)/t20?,21-,22?,23+,24+/m0/s1. The van der Waals surface area contributed by atoms with Gasteiger partial charge in [0.15, 0.2) is 0 Å². The second kappa shape index (κ2) is 13.0.